The molecule has 0 saturated heterocycles. The lowest BCUT2D eigenvalue weighted by Gasteiger charge is -2.29. The zero-order valence-corrected chi connectivity index (χ0v) is 15.5. The van der Waals surface area contributed by atoms with Gasteiger partial charge in [0.15, 0.2) is 11.5 Å². The van der Waals surface area contributed by atoms with Crippen LogP contribution in [0.2, 0.25) is 0 Å². The number of pyridine rings is 1. The van der Waals surface area contributed by atoms with Crippen LogP contribution < -0.4 is 5.32 Å². The van der Waals surface area contributed by atoms with Gasteiger partial charge in [0, 0.05) is 25.2 Å². The molecule has 8 nitrogen and oxygen atoms in total. The summed E-state index contributed by atoms with van der Waals surface area (Å²) in [7, 11) is -2.75. The summed E-state index contributed by atoms with van der Waals surface area (Å²) in [5, 5.41) is 2.53. The van der Waals surface area contributed by atoms with E-state index in [-0.39, 0.29) is 34.2 Å². The van der Waals surface area contributed by atoms with Crippen LogP contribution >= 0.6 is 0 Å². The Hall–Kier alpha value is -3.20. The Bertz CT molecular complexity index is 1030. The number of esters is 1. The highest BCUT2D eigenvalue weighted by Gasteiger charge is 2.39. The minimum atomic E-state index is -3.98. The number of aromatic nitrogens is 1. The van der Waals surface area contributed by atoms with Crippen molar-refractivity contribution < 1.29 is 22.7 Å². The van der Waals surface area contributed by atoms with Crippen molar-refractivity contribution in [2.24, 2.45) is 0 Å². The van der Waals surface area contributed by atoms with Gasteiger partial charge in [0.1, 0.15) is 5.82 Å². The monoisotopic (exact) mass is 387 g/mol. The Labute approximate surface area is 156 Å². The zero-order chi connectivity index (χ0) is 19.6. The third-order valence-corrected chi connectivity index (χ3v) is 5.74. The fraction of sp³-hybridized carbons (Fsp3) is 0.167. The number of rotatable bonds is 4. The number of fused-ring (bicyclic) bond motifs is 1. The average molecular weight is 387 g/mol. The molecule has 140 valence electrons. The van der Waals surface area contributed by atoms with Crippen LogP contribution in [0.5, 0.6) is 0 Å². The summed E-state index contributed by atoms with van der Waals surface area (Å²) in [6.45, 7) is 1.60. The lowest BCUT2D eigenvalue weighted by Crippen LogP contribution is -2.38. The first-order valence-corrected chi connectivity index (χ1v) is 9.56. The van der Waals surface area contributed by atoms with E-state index in [1.807, 2.05) is 0 Å². The lowest BCUT2D eigenvalue weighted by atomic mass is 10.1. The van der Waals surface area contributed by atoms with Crippen LogP contribution in [0, 0.1) is 0 Å². The molecule has 3 rings (SSSR count). The summed E-state index contributed by atoms with van der Waals surface area (Å²) in [4.78, 5) is 28.7. The Morgan fingerprint density at radius 1 is 1.15 bits per heavy atom. The molecule has 0 atom stereocenters. The highest BCUT2D eigenvalue weighted by atomic mass is 32.2. The molecule has 0 fully saturated rings. The molecular weight excluding hydrogens is 370 g/mol. The highest BCUT2D eigenvalue weighted by molar-refractivity contribution is 7.89. The maximum absolute atomic E-state index is 12.8. The molecule has 0 radical (unpaired) electrons. The molecule has 2 heterocycles. The molecule has 1 aliphatic heterocycles. The molecule has 1 amide bonds. The Balaban J connectivity index is 2.17. The van der Waals surface area contributed by atoms with Crippen LogP contribution in [-0.4, -0.2) is 36.6 Å². The predicted octanol–water partition coefficient (Wildman–Crippen LogP) is 1.98. The number of carbonyl (C=O) groups is 2. The molecule has 1 aliphatic rings. The Kier molecular flexibility index (Phi) is 4.95. The van der Waals surface area contributed by atoms with Gasteiger partial charge in [-0.25, -0.2) is 13.4 Å². The smallest absolute Gasteiger partial charge is 0.310 e. The standard InChI is InChI=1S/C18H17N3O5S/c1-3-15(22)26-17-12-8-4-5-9-13(12)27(24,25)21(2)16(17)18(23)20-14-10-6-7-11-19-14/h4-11H,3H2,1-2H3,(H,19,20,23). The average Bonchev–Trinajstić information content (AvgIpc) is 2.67. The number of amides is 1. The molecule has 1 aromatic carbocycles. The molecule has 0 saturated carbocycles. The van der Waals surface area contributed by atoms with Gasteiger partial charge in [-0.3, -0.25) is 13.9 Å². The summed E-state index contributed by atoms with van der Waals surface area (Å²) >= 11 is 0. The number of hydrogen-bond donors (Lipinski definition) is 1. The minimum absolute atomic E-state index is 0.0409. The number of ether oxygens (including phenoxy) is 1. The first kappa shape index (κ1) is 18.6. The van der Waals surface area contributed by atoms with Crippen LogP contribution in [0.15, 0.2) is 59.3 Å². The summed E-state index contributed by atoms with van der Waals surface area (Å²) in [6, 6.07) is 11.0. The second-order valence-electron chi connectivity index (χ2n) is 5.64. The number of likely N-dealkylation sites (N-methyl/N-ethyl adjacent to an activating group) is 1. The number of sulfonamides is 1. The third-order valence-electron chi connectivity index (χ3n) is 3.93. The molecule has 9 heteroatoms. The van der Waals surface area contributed by atoms with Crippen molar-refractivity contribution in [2.75, 3.05) is 12.4 Å². The Morgan fingerprint density at radius 3 is 2.52 bits per heavy atom. The maximum atomic E-state index is 12.8. The molecule has 0 aliphatic carbocycles. The van der Waals surface area contributed by atoms with Crippen LogP contribution in [0.25, 0.3) is 5.76 Å². The largest absolute Gasteiger partial charge is 0.423 e. The van der Waals surface area contributed by atoms with Crippen molar-refractivity contribution in [1.29, 1.82) is 0 Å². The second-order valence-corrected chi connectivity index (χ2v) is 7.58. The molecular formula is C18H17N3O5S. The number of hydrogen-bond acceptors (Lipinski definition) is 6. The van der Waals surface area contributed by atoms with E-state index in [1.54, 1.807) is 37.3 Å². The van der Waals surface area contributed by atoms with E-state index in [9.17, 15) is 18.0 Å². The number of carbonyl (C=O) groups excluding carboxylic acids is 2. The van der Waals surface area contributed by atoms with Crippen molar-refractivity contribution >= 4 is 33.5 Å². The first-order valence-electron chi connectivity index (χ1n) is 8.12. The van der Waals surface area contributed by atoms with Gasteiger partial charge in [0.2, 0.25) is 0 Å². The lowest BCUT2D eigenvalue weighted by molar-refractivity contribution is -0.136. The van der Waals surface area contributed by atoms with Gasteiger partial charge in [0.25, 0.3) is 15.9 Å². The molecule has 27 heavy (non-hydrogen) atoms. The molecule has 0 bridgehead atoms. The maximum Gasteiger partial charge on any atom is 0.310 e. The van der Waals surface area contributed by atoms with E-state index >= 15 is 0 Å². The third kappa shape index (κ3) is 3.41. The summed E-state index contributed by atoms with van der Waals surface area (Å²) in [5.74, 6) is -1.21. The first-order chi connectivity index (χ1) is 12.9. The molecule has 2 aromatic rings. The minimum Gasteiger partial charge on any atom is -0.423 e. The molecule has 1 aromatic heterocycles. The summed E-state index contributed by atoms with van der Waals surface area (Å²) in [5.41, 5.74) is -0.135. The number of nitrogens with zero attached hydrogens (tertiary/aromatic N) is 2. The Morgan fingerprint density at radius 2 is 1.85 bits per heavy atom. The number of nitrogens with one attached hydrogen (secondary N) is 1. The predicted molar refractivity (Wildman–Crippen MR) is 97.6 cm³/mol. The SMILES string of the molecule is CCC(=O)OC1=C(C(=O)Nc2ccccn2)N(C)S(=O)(=O)c2ccccc21. The van der Waals surface area contributed by atoms with Crippen molar-refractivity contribution in [2.45, 2.75) is 18.2 Å². The van der Waals surface area contributed by atoms with Crippen molar-refractivity contribution in [3.63, 3.8) is 0 Å². The highest BCUT2D eigenvalue weighted by Crippen LogP contribution is 2.37. The van der Waals surface area contributed by atoms with Crippen LogP contribution in [-0.2, 0) is 24.3 Å². The van der Waals surface area contributed by atoms with E-state index in [1.165, 1.54) is 25.4 Å². The fourth-order valence-electron chi connectivity index (χ4n) is 2.57. The van der Waals surface area contributed by atoms with E-state index in [0.29, 0.717) is 0 Å². The molecule has 0 spiro atoms. The summed E-state index contributed by atoms with van der Waals surface area (Å²) < 4.78 is 31.8. The molecule has 1 N–H and O–H groups in total. The van der Waals surface area contributed by atoms with Gasteiger partial charge >= 0.3 is 5.97 Å². The second kappa shape index (κ2) is 7.20. The van der Waals surface area contributed by atoms with Crippen LogP contribution in [0.4, 0.5) is 5.82 Å². The summed E-state index contributed by atoms with van der Waals surface area (Å²) in [6.07, 6.45) is 1.55. The van der Waals surface area contributed by atoms with Gasteiger partial charge in [-0.1, -0.05) is 25.1 Å². The van der Waals surface area contributed by atoms with E-state index in [4.69, 9.17) is 4.74 Å². The van der Waals surface area contributed by atoms with Crippen molar-refractivity contribution in [3.05, 3.63) is 59.9 Å². The van der Waals surface area contributed by atoms with Crippen LogP contribution in [0.1, 0.15) is 18.9 Å². The van der Waals surface area contributed by atoms with Gasteiger partial charge in [-0.15, -0.1) is 0 Å². The van der Waals surface area contributed by atoms with Crippen molar-refractivity contribution in [1.82, 2.24) is 9.29 Å². The van der Waals surface area contributed by atoms with Crippen LogP contribution in [0.3, 0.4) is 0 Å². The van der Waals surface area contributed by atoms with Gasteiger partial charge in [0.05, 0.1) is 4.90 Å². The zero-order valence-electron chi connectivity index (χ0n) is 14.7. The van der Waals surface area contributed by atoms with Gasteiger partial charge in [-0.05, 0) is 24.3 Å². The normalized spacial score (nSPS) is 15.1. The van der Waals surface area contributed by atoms with Crippen molar-refractivity contribution in [3.8, 4) is 0 Å². The van der Waals surface area contributed by atoms with Gasteiger partial charge < -0.3 is 10.1 Å². The van der Waals surface area contributed by atoms with E-state index < -0.39 is 21.9 Å². The van der Waals surface area contributed by atoms with E-state index in [2.05, 4.69) is 10.3 Å². The number of anilines is 1. The fourth-order valence-corrected chi connectivity index (χ4v) is 3.96. The molecule has 0 unspecified atom stereocenters. The topological polar surface area (TPSA) is 106 Å². The van der Waals surface area contributed by atoms with Gasteiger partial charge in [-0.2, -0.15) is 0 Å². The quantitative estimate of drug-likeness (QED) is 0.804. The van der Waals surface area contributed by atoms with E-state index in [0.717, 1.165) is 4.31 Å². The number of benzene rings is 1.